The van der Waals surface area contributed by atoms with Gasteiger partial charge in [-0.1, -0.05) is 18.2 Å². The number of carbonyl (C=O) groups excluding carboxylic acids is 1. The van der Waals surface area contributed by atoms with Crippen molar-refractivity contribution in [1.82, 2.24) is 0 Å². The summed E-state index contributed by atoms with van der Waals surface area (Å²) in [5.74, 6) is 0.0246. The first-order chi connectivity index (χ1) is 9.20. The van der Waals surface area contributed by atoms with E-state index >= 15 is 0 Å². The van der Waals surface area contributed by atoms with E-state index in [0.29, 0.717) is 16.6 Å². The van der Waals surface area contributed by atoms with Crippen LogP contribution >= 0.6 is 8.03 Å². The number of esters is 1. The molecule has 0 bridgehead atoms. The zero-order chi connectivity index (χ0) is 13.7. The van der Waals surface area contributed by atoms with Crippen LogP contribution in [0.1, 0.15) is 10.4 Å². The van der Waals surface area contributed by atoms with Gasteiger partial charge in [0.05, 0.1) is 12.7 Å². The molecule has 0 heterocycles. The maximum Gasteiger partial charge on any atom is 0.597 e. The van der Waals surface area contributed by atoms with E-state index in [-0.39, 0.29) is 0 Å². The molecule has 0 saturated heterocycles. The Morgan fingerprint density at radius 2 is 1.63 bits per heavy atom. The largest absolute Gasteiger partial charge is 0.597 e. The SMILES string of the molecule is COC(=O)c1ccc(O[P+](=O)c2ccccc2)cc1. The van der Waals surface area contributed by atoms with Gasteiger partial charge in [0.1, 0.15) is 0 Å². The molecule has 0 aromatic heterocycles. The van der Waals surface area contributed by atoms with Crippen molar-refractivity contribution in [3.05, 3.63) is 60.2 Å². The Balaban J connectivity index is 2.08. The predicted molar refractivity (Wildman–Crippen MR) is 72.1 cm³/mol. The second kappa shape index (κ2) is 6.12. The van der Waals surface area contributed by atoms with Gasteiger partial charge < -0.3 is 4.74 Å². The lowest BCUT2D eigenvalue weighted by atomic mass is 10.2. The molecule has 4 nitrogen and oxygen atoms in total. The summed E-state index contributed by atoms with van der Waals surface area (Å²) in [6.45, 7) is 0. The van der Waals surface area contributed by atoms with Gasteiger partial charge in [-0.3, -0.25) is 4.52 Å². The van der Waals surface area contributed by atoms with Crippen LogP contribution in [0.4, 0.5) is 0 Å². The highest BCUT2D eigenvalue weighted by Gasteiger charge is 2.23. The molecule has 2 aromatic rings. The van der Waals surface area contributed by atoms with Gasteiger partial charge in [-0.25, -0.2) is 4.79 Å². The summed E-state index contributed by atoms with van der Waals surface area (Å²) in [5, 5.41) is 0.620. The van der Waals surface area contributed by atoms with Crippen molar-refractivity contribution in [2.45, 2.75) is 0 Å². The maximum atomic E-state index is 11.9. The van der Waals surface area contributed by atoms with E-state index in [9.17, 15) is 9.36 Å². The van der Waals surface area contributed by atoms with Gasteiger partial charge in [0.15, 0.2) is 5.75 Å². The molecular weight excluding hydrogens is 263 g/mol. The molecule has 1 atom stereocenters. The molecule has 0 spiro atoms. The van der Waals surface area contributed by atoms with E-state index in [0.717, 1.165) is 0 Å². The maximum absolute atomic E-state index is 11.9. The average Bonchev–Trinajstić information content (AvgIpc) is 2.48. The van der Waals surface area contributed by atoms with Crippen molar-refractivity contribution in [2.24, 2.45) is 0 Å². The normalized spacial score (nSPS) is 10.7. The van der Waals surface area contributed by atoms with Crippen molar-refractivity contribution < 1.29 is 18.6 Å². The Hall–Kier alpha value is -2.19. The summed E-state index contributed by atoms with van der Waals surface area (Å²) in [6, 6.07) is 15.2. The van der Waals surface area contributed by atoms with Crippen LogP contribution in [0.2, 0.25) is 0 Å². The fourth-order valence-corrected chi connectivity index (χ4v) is 2.30. The molecule has 0 amide bonds. The van der Waals surface area contributed by atoms with Crippen LogP contribution in [0.15, 0.2) is 54.6 Å². The number of benzene rings is 2. The van der Waals surface area contributed by atoms with Crippen LogP contribution in [0.25, 0.3) is 0 Å². The van der Waals surface area contributed by atoms with E-state index in [1.807, 2.05) is 6.07 Å². The Kier molecular flexibility index (Phi) is 4.26. The third kappa shape index (κ3) is 3.39. The van der Waals surface area contributed by atoms with Gasteiger partial charge in [-0.15, -0.1) is 0 Å². The van der Waals surface area contributed by atoms with Crippen LogP contribution in [0, 0.1) is 0 Å². The topological polar surface area (TPSA) is 52.6 Å². The molecule has 96 valence electrons. The Morgan fingerprint density at radius 3 is 2.21 bits per heavy atom. The van der Waals surface area contributed by atoms with Crippen LogP contribution in [-0.2, 0) is 9.30 Å². The zero-order valence-corrected chi connectivity index (χ0v) is 11.2. The third-order valence-electron chi connectivity index (χ3n) is 2.43. The van der Waals surface area contributed by atoms with Gasteiger partial charge in [-0.05, 0) is 41.0 Å². The average molecular weight is 275 g/mol. The van der Waals surface area contributed by atoms with Crippen LogP contribution < -0.4 is 9.83 Å². The highest BCUT2D eigenvalue weighted by molar-refractivity contribution is 7.48. The molecule has 19 heavy (non-hydrogen) atoms. The number of rotatable bonds is 4. The van der Waals surface area contributed by atoms with Crippen molar-refractivity contribution >= 4 is 19.3 Å². The number of hydrogen-bond donors (Lipinski definition) is 0. The minimum Gasteiger partial charge on any atom is -0.465 e. The van der Waals surface area contributed by atoms with Gasteiger partial charge in [0.2, 0.25) is 5.30 Å². The standard InChI is InChI=1S/C14H12O4P/c1-17-14(15)11-7-9-12(10-8-11)18-19(16)13-5-3-2-4-6-13/h2-10H,1H3/q+1. The Morgan fingerprint density at radius 1 is 1.00 bits per heavy atom. The van der Waals surface area contributed by atoms with Crippen LogP contribution in [0.5, 0.6) is 5.75 Å². The van der Waals surface area contributed by atoms with Gasteiger partial charge >= 0.3 is 14.0 Å². The molecule has 2 aromatic carbocycles. The third-order valence-corrected chi connectivity index (χ3v) is 3.53. The molecule has 0 radical (unpaired) electrons. The van der Waals surface area contributed by atoms with E-state index in [2.05, 4.69) is 4.74 Å². The smallest absolute Gasteiger partial charge is 0.465 e. The van der Waals surface area contributed by atoms with Crippen molar-refractivity contribution in [3.8, 4) is 5.75 Å². The number of ether oxygens (including phenoxy) is 1. The molecular formula is C14H12O4P+. The monoisotopic (exact) mass is 275 g/mol. The second-order valence-corrected chi connectivity index (χ2v) is 4.91. The molecule has 0 aliphatic rings. The summed E-state index contributed by atoms with van der Waals surface area (Å²) >= 11 is 0. The Bertz CT molecular complexity index is 578. The van der Waals surface area contributed by atoms with E-state index in [1.54, 1.807) is 48.5 Å². The van der Waals surface area contributed by atoms with E-state index in [4.69, 9.17) is 4.52 Å². The van der Waals surface area contributed by atoms with Crippen molar-refractivity contribution in [3.63, 3.8) is 0 Å². The summed E-state index contributed by atoms with van der Waals surface area (Å²) in [6.07, 6.45) is 0. The summed E-state index contributed by atoms with van der Waals surface area (Å²) in [4.78, 5) is 11.2. The highest BCUT2D eigenvalue weighted by atomic mass is 31.1. The summed E-state index contributed by atoms with van der Waals surface area (Å²) < 4.78 is 21.8. The first-order valence-corrected chi connectivity index (χ1v) is 6.77. The fraction of sp³-hybridized carbons (Fsp3) is 0.0714. The minimum atomic E-state index is -1.95. The molecule has 0 aliphatic carbocycles. The first-order valence-electron chi connectivity index (χ1n) is 5.59. The van der Waals surface area contributed by atoms with E-state index in [1.165, 1.54) is 7.11 Å². The Labute approximate surface area is 111 Å². The molecule has 1 unspecified atom stereocenters. The fourth-order valence-electron chi connectivity index (χ4n) is 1.47. The van der Waals surface area contributed by atoms with Crippen LogP contribution in [-0.4, -0.2) is 13.1 Å². The molecule has 0 N–H and O–H groups in total. The predicted octanol–water partition coefficient (Wildman–Crippen LogP) is 2.92. The van der Waals surface area contributed by atoms with Crippen molar-refractivity contribution in [2.75, 3.05) is 7.11 Å². The molecule has 0 saturated carbocycles. The molecule has 0 aliphatic heterocycles. The molecule has 2 rings (SSSR count). The second-order valence-electron chi connectivity index (χ2n) is 3.70. The van der Waals surface area contributed by atoms with Crippen LogP contribution in [0.3, 0.4) is 0 Å². The first kappa shape index (κ1) is 13.2. The number of hydrogen-bond acceptors (Lipinski definition) is 4. The number of methoxy groups -OCH3 is 1. The minimum absolute atomic E-state index is 0.418. The van der Waals surface area contributed by atoms with Gasteiger partial charge in [0.25, 0.3) is 0 Å². The van der Waals surface area contributed by atoms with Gasteiger partial charge in [-0.2, -0.15) is 0 Å². The summed E-state index contributed by atoms with van der Waals surface area (Å²) in [5.41, 5.74) is 0.421. The summed E-state index contributed by atoms with van der Waals surface area (Å²) in [7, 11) is -0.628. The molecule has 5 heteroatoms. The lowest BCUT2D eigenvalue weighted by Crippen LogP contribution is -2.01. The lowest BCUT2D eigenvalue weighted by Gasteiger charge is -1.98. The zero-order valence-electron chi connectivity index (χ0n) is 10.3. The quantitative estimate of drug-likeness (QED) is 0.636. The van der Waals surface area contributed by atoms with Crippen molar-refractivity contribution in [1.29, 1.82) is 0 Å². The molecule has 0 fully saturated rings. The lowest BCUT2D eigenvalue weighted by molar-refractivity contribution is 0.0600. The van der Waals surface area contributed by atoms with Gasteiger partial charge in [0, 0.05) is 0 Å². The number of carbonyl (C=O) groups is 1. The van der Waals surface area contributed by atoms with E-state index < -0.39 is 14.0 Å². The highest BCUT2D eigenvalue weighted by Crippen LogP contribution is 2.26.